The van der Waals surface area contributed by atoms with Crippen LogP contribution in [0.4, 0.5) is 0 Å². The molecule has 0 aliphatic carbocycles. The number of aromatic nitrogens is 4. The van der Waals surface area contributed by atoms with Gasteiger partial charge in [0, 0.05) is 22.6 Å². The minimum absolute atomic E-state index is 0.119. The number of fused-ring (bicyclic) bond motifs is 1. The highest BCUT2D eigenvalue weighted by Gasteiger charge is 2.18. The quantitative estimate of drug-likeness (QED) is 0.522. The molecule has 1 N–H and O–H groups in total. The van der Waals surface area contributed by atoms with Crippen LogP contribution in [-0.4, -0.2) is 25.8 Å². The molecule has 1 amide bonds. The molecule has 0 radical (unpaired) electrons. The van der Waals surface area contributed by atoms with Crippen LogP contribution >= 0.6 is 11.6 Å². The number of halogens is 1. The van der Waals surface area contributed by atoms with E-state index in [2.05, 4.69) is 15.5 Å². The lowest BCUT2D eigenvalue weighted by Gasteiger charge is -2.08. The smallest absolute Gasteiger partial charge is 0.251 e. The van der Waals surface area contributed by atoms with E-state index in [1.165, 1.54) is 0 Å². The fourth-order valence-electron chi connectivity index (χ4n) is 3.19. The van der Waals surface area contributed by atoms with Crippen LogP contribution in [0.1, 0.15) is 42.0 Å². The molecule has 2 aromatic carbocycles. The first-order valence-corrected chi connectivity index (χ1v) is 9.66. The molecule has 0 bridgehead atoms. The highest BCUT2D eigenvalue weighted by Crippen LogP contribution is 2.34. The van der Waals surface area contributed by atoms with Crippen molar-refractivity contribution < 1.29 is 9.32 Å². The number of rotatable bonds is 5. The van der Waals surface area contributed by atoms with Gasteiger partial charge in [0.05, 0.1) is 17.1 Å². The predicted molar refractivity (Wildman–Crippen MR) is 111 cm³/mol. The Kier molecular flexibility index (Phi) is 5.07. The van der Waals surface area contributed by atoms with Crippen molar-refractivity contribution in [1.29, 1.82) is 0 Å². The van der Waals surface area contributed by atoms with Gasteiger partial charge in [0.25, 0.3) is 5.91 Å². The second-order valence-corrected chi connectivity index (χ2v) is 7.42. The number of aryl methyl sites for hydroxylation is 1. The molecule has 0 aliphatic heterocycles. The second-order valence-electron chi connectivity index (χ2n) is 7.02. The first-order chi connectivity index (χ1) is 13.9. The van der Waals surface area contributed by atoms with E-state index in [9.17, 15) is 4.79 Å². The Hall–Kier alpha value is -3.19. The lowest BCUT2D eigenvalue weighted by atomic mass is 10.1. The van der Waals surface area contributed by atoms with Gasteiger partial charge in [-0.1, -0.05) is 35.0 Å². The number of carbonyl (C=O) groups is 1. The lowest BCUT2D eigenvalue weighted by molar-refractivity contribution is 0.0946. The van der Waals surface area contributed by atoms with Gasteiger partial charge >= 0.3 is 0 Å². The zero-order chi connectivity index (χ0) is 20.5. The minimum atomic E-state index is -0.224. The van der Waals surface area contributed by atoms with Gasteiger partial charge in [0.2, 0.25) is 5.89 Å². The fourth-order valence-corrected chi connectivity index (χ4v) is 3.42. The second kappa shape index (κ2) is 7.67. The molecule has 148 valence electrons. The molecule has 0 unspecified atom stereocenters. The normalized spacial score (nSPS) is 11.3. The van der Waals surface area contributed by atoms with Gasteiger partial charge in [-0.25, -0.2) is 0 Å². The number of nitrogens with one attached hydrogen (secondary N) is 1. The Labute approximate surface area is 172 Å². The van der Waals surface area contributed by atoms with E-state index in [4.69, 9.17) is 21.2 Å². The van der Waals surface area contributed by atoms with Crippen molar-refractivity contribution >= 4 is 28.4 Å². The van der Waals surface area contributed by atoms with Crippen LogP contribution in [0.3, 0.4) is 0 Å². The van der Waals surface area contributed by atoms with Gasteiger partial charge in [0.1, 0.15) is 5.69 Å². The molecule has 4 aromatic rings. The van der Waals surface area contributed by atoms with Crippen molar-refractivity contribution in [2.75, 3.05) is 0 Å². The Bertz CT molecular complexity index is 1190. The number of hydrogen-bond acceptors (Lipinski definition) is 5. The highest BCUT2D eigenvalue weighted by atomic mass is 35.5. The van der Waals surface area contributed by atoms with Gasteiger partial charge in [-0.3, -0.25) is 9.48 Å². The van der Waals surface area contributed by atoms with Crippen LogP contribution in [0.2, 0.25) is 5.02 Å². The molecule has 0 aliphatic rings. The Morgan fingerprint density at radius 1 is 1.24 bits per heavy atom. The standard InChI is InChI=1S/C21H20ClN5O2/c1-12(2)27-18-10-14(21(28)23-11-19-24-13(3)26-29-19)8-9-16(18)20(25-27)15-6-4-5-7-17(15)22/h4-10,12H,11H2,1-3H3,(H,23,28). The van der Waals surface area contributed by atoms with E-state index in [-0.39, 0.29) is 18.5 Å². The maximum Gasteiger partial charge on any atom is 0.251 e. The largest absolute Gasteiger partial charge is 0.343 e. The van der Waals surface area contributed by atoms with Crippen molar-refractivity contribution in [3.63, 3.8) is 0 Å². The zero-order valence-electron chi connectivity index (χ0n) is 16.3. The third kappa shape index (κ3) is 3.73. The number of hydrogen-bond donors (Lipinski definition) is 1. The van der Waals surface area contributed by atoms with Crippen molar-refractivity contribution in [3.8, 4) is 11.3 Å². The molecule has 8 heteroatoms. The summed E-state index contributed by atoms with van der Waals surface area (Å²) in [5, 5.41) is 12.9. The summed E-state index contributed by atoms with van der Waals surface area (Å²) in [6.45, 7) is 6.00. The highest BCUT2D eigenvalue weighted by molar-refractivity contribution is 6.33. The van der Waals surface area contributed by atoms with Crippen LogP contribution in [0.5, 0.6) is 0 Å². The van der Waals surface area contributed by atoms with Crippen molar-refractivity contribution in [3.05, 3.63) is 64.8 Å². The summed E-state index contributed by atoms with van der Waals surface area (Å²) in [5.74, 6) is 0.673. The first-order valence-electron chi connectivity index (χ1n) is 9.28. The Balaban J connectivity index is 1.70. The van der Waals surface area contributed by atoms with Crippen molar-refractivity contribution in [2.24, 2.45) is 0 Å². The van der Waals surface area contributed by atoms with Gasteiger partial charge in [-0.2, -0.15) is 10.1 Å². The molecule has 29 heavy (non-hydrogen) atoms. The number of nitrogens with zero attached hydrogens (tertiary/aromatic N) is 4. The van der Waals surface area contributed by atoms with Crippen LogP contribution < -0.4 is 5.32 Å². The van der Waals surface area contributed by atoms with E-state index in [0.29, 0.717) is 22.3 Å². The van der Waals surface area contributed by atoms with Crippen LogP contribution in [0, 0.1) is 6.92 Å². The molecule has 0 fully saturated rings. The monoisotopic (exact) mass is 409 g/mol. The van der Waals surface area contributed by atoms with Gasteiger partial charge < -0.3 is 9.84 Å². The summed E-state index contributed by atoms with van der Waals surface area (Å²) < 4.78 is 6.94. The zero-order valence-corrected chi connectivity index (χ0v) is 17.1. The average Bonchev–Trinajstić information content (AvgIpc) is 3.29. The van der Waals surface area contributed by atoms with Crippen LogP contribution in [-0.2, 0) is 6.54 Å². The molecule has 0 saturated heterocycles. The summed E-state index contributed by atoms with van der Waals surface area (Å²) in [5.41, 5.74) is 3.06. The number of benzene rings is 2. The maximum atomic E-state index is 12.6. The molecule has 2 heterocycles. The molecule has 0 saturated carbocycles. The van der Waals surface area contributed by atoms with Gasteiger partial charge in [-0.05, 0) is 45.0 Å². The Morgan fingerprint density at radius 2 is 2.03 bits per heavy atom. The summed E-state index contributed by atoms with van der Waals surface area (Å²) in [7, 11) is 0. The molecular formula is C21H20ClN5O2. The Morgan fingerprint density at radius 3 is 2.72 bits per heavy atom. The molecule has 0 spiro atoms. The molecular weight excluding hydrogens is 390 g/mol. The summed E-state index contributed by atoms with van der Waals surface area (Å²) in [4.78, 5) is 16.7. The van der Waals surface area contributed by atoms with Gasteiger partial charge in [0.15, 0.2) is 5.82 Å². The van der Waals surface area contributed by atoms with E-state index in [1.54, 1.807) is 13.0 Å². The lowest BCUT2D eigenvalue weighted by Crippen LogP contribution is -2.23. The van der Waals surface area contributed by atoms with Crippen molar-refractivity contribution in [2.45, 2.75) is 33.4 Å². The third-order valence-electron chi connectivity index (χ3n) is 4.56. The first kappa shape index (κ1) is 19.1. The van der Waals surface area contributed by atoms with Crippen LogP contribution in [0.15, 0.2) is 47.0 Å². The fraction of sp³-hybridized carbons (Fsp3) is 0.238. The summed E-state index contributed by atoms with van der Waals surface area (Å²) >= 11 is 6.40. The predicted octanol–water partition coefficient (Wildman–Crippen LogP) is 4.56. The molecule has 2 aromatic heterocycles. The number of amides is 1. The van der Waals surface area contributed by atoms with E-state index < -0.39 is 0 Å². The van der Waals surface area contributed by atoms with E-state index in [0.717, 1.165) is 22.2 Å². The molecule has 0 atom stereocenters. The average molecular weight is 410 g/mol. The van der Waals surface area contributed by atoms with E-state index in [1.807, 2.05) is 54.9 Å². The third-order valence-corrected chi connectivity index (χ3v) is 4.89. The van der Waals surface area contributed by atoms with Gasteiger partial charge in [-0.15, -0.1) is 0 Å². The summed E-state index contributed by atoms with van der Waals surface area (Å²) in [6.07, 6.45) is 0. The van der Waals surface area contributed by atoms with Crippen molar-refractivity contribution in [1.82, 2.24) is 25.2 Å². The number of carbonyl (C=O) groups excluding carboxylic acids is 1. The molecule has 7 nitrogen and oxygen atoms in total. The maximum absolute atomic E-state index is 12.6. The minimum Gasteiger partial charge on any atom is -0.343 e. The van der Waals surface area contributed by atoms with Crippen LogP contribution in [0.25, 0.3) is 22.2 Å². The SMILES string of the molecule is Cc1noc(CNC(=O)c2ccc3c(-c4ccccc4Cl)nn(C(C)C)c3c2)n1. The topological polar surface area (TPSA) is 85.8 Å². The van der Waals surface area contributed by atoms with E-state index >= 15 is 0 Å². The summed E-state index contributed by atoms with van der Waals surface area (Å²) in [6, 6.07) is 13.3. The molecule has 4 rings (SSSR count).